The van der Waals surface area contributed by atoms with E-state index in [4.69, 9.17) is 23.7 Å². The summed E-state index contributed by atoms with van der Waals surface area (Å²) in [6.07, 6.45) is 0. The zero-order valence-electron chi connectivity index (χ0n) is 13.5. The van der Waals surface area contributed by atoms with Crippen LogP contribution in [-0.4, -0.2) is 34.0 Å². The van der Waals surface area contributed by atoms with Gasteiger partial charge in [0.05, 0.1) is 21.3 Å². The van der Waals surface area contributed by atoms with Crippen LogP contribution in [0.5, 0.6) is 28.7 Å². The molecule has 0 radical (unpaired) electrons. The molecule has 126 valence electrons. The summed E-state index contributed by atoms with van der Waals surface area (Å²) in [5.74, 6) is 2.09. The van der Waals surface area contributed by atoms with Crippen molar-refractivity contribution in [2.24, 2.45) is 0 Å². The van der Waals surface area contributed by atoms with E-state index in [9.17, 15) is 4.79 Å². The third-order valence-electron chi connectivity index (χ3n) is 3.57. The van der Waals surface area contributed by atoms with Gasteiger partial charge in [0.25, 0.3) is 5.91 Å². The highest BCUT2D eigenvalue weighted by Gasteiger charge is 2.21. The molecule has 0 bridgehead atoms. The monoisotopic (exact) mass is 331 g/mol. The van der Waals surface area contributed by atoms with Crippen molar-refractivity contribution >= 4 is 11.6 Å². The van der Waals surface area contributed by atoms with Gasteiger partial charge in [0.15, 0.2) is 11.5 Å². The Morgan fingerprint density at radius 2 is 1.62 bits per heavy atom. The van der Waals surface area contributed by atoms with Crippen molar-refractivity contribution < 1.29 is 28.5 Å². The first kappa shape index (κ1) is 15.8. The normalized spacial score (nSPS) is 11.8. The second kappa shape index (κ2) is 6.57. The van der Waals surface area contributed by atoms with E-state index in [1.54, 1.807) is 30.3 Å². The molecule has 2 aromatic carbocycles. The number of amides is 1. The number of anilines is 1. The molecule has 1 aliphatic heterocycles. The summed E-state index contributed by atoms with van der Waals surface area (Å²) in [7, 11) is 4.48. The fourth-order valence-electron chi connectivity index (χ4n) is 2.40. The lowest BCUT2D eigenvalue weighted by Gasteiger charge is -2.15. The SMILES string of the molecule is COc1cc(OC)c(C(=O)Nc2ccc3c(c2)OCO3)c(OC)c1. The maximum atomic E-state index is 12.7. The summed E-state index contributed by atoms with van der Waals surface area (Å²) in [5.41, 5.74) is 0.850. The first-order chi connectivity index (χ1) is 11.7. The predicted molar refractivity (Wildman–Crippen MR) is 86.6 cm³/mol. The van der Waals surface area contributed by atoms with E-state index in [1.807, 2.05) is 0 Å². The molecule has 2 aromatic rings. The summed E-state index contributed by atoms with van der Waals surface area (Å²) < 4.78 is 26.3. The van der Waals surface area contributed by atoms with Crippen LogP contribution in [0.4, 0.5) is 5.69 Å². The first-order valence-electron chi connectivity index (χ1n) is 7.17. The molecule has 3 rings (SSSR count). The van der Waals surface area contributed by atoms with Gasteiger partial charge < -0.3 is 29.0 Å². The summed E-state index contributed by atoms with van der Waals surface area (Å²) >= 11 is 0. The van der Waals surface area contributed by atoms with E-state index in [0.717, 1.165) is 0 Å². The number of carbonyl (C=O) groups is 1. The highest BCUT2D eigenvalue weighted by atomic mass is 16.7. The van der Waals surface area contributed by atoms with Gasteiger partial charge in [-0.3, -0.25) is 4.79 Å². The number of ether oxygens (including phenoxy) is 5. The number of benzene rings is 2. The number of fused-ring (bicyclic) bond motifs is 1. The minimum absolute atomic E-state index is 0.173. The summed E-state index contributed by atoms with van der Waals surface area (Å²) in [6.45, 7) is 0.173. The number of hydrogen-bond acceptors (Lipinski definition) is 6. The predicted octanol–water partition coefficient (Wildman–Crippen LogP) is 2.69. The molecule has 24 heavy (non-hydrogen) atoms. The summed E-state index contributed by atoms with van der Waals surface area (Å²) in [6, 6.07) is 8.41. The van der Waals surface area contributed by atoms with Crippen LogP contribution < -0.4 is 29.0 Å². The topological polar surface area (TPSA) is 75.3 Å². The number of hydrogen-bond donors (Lipinski definition) is 1. The summed E-state index contributed by atoms with van der Waals surface area (Å²) in [4.78, 5) is 12.7. The minimum atomic E-state index is -0.370. The molecule has 0 aliphatic carbocycles. The van der Waals surface area contributed by atoms with Crippen LogP contribution in [-0.2, 0) is 0 Å². The third-order valence-corrected chi connectivity index (χ3v) is 3.57. The van der Waals surface area contributed by atoms with Crippen LogP contribution in [0.25, 0.3) is 0 Å². The molecule has 7 nitrogen and oxygen atoms in total. The lowest BCUT2D eigenvalue weighted by molar-refractivity contribution is 0.102. The van der Waals surface area contributed by atoms with Crippen molar-refractivity contribution in [2.75, 3.05) is 33.4 Å². The van der Waals surface area contributed by atoms with Crippen LogP contribution >= 0.6 is 0 Å². The zero-order chi connectivity index (χ0) is 17.1. The lowest BCUT2D eigenvalue weighted by atomic mass is 10.1. The van der Waals surface area contributed by atoms with Gasteiger partial charge in [0.2, 0.25) is 6.79 Å². The minimum Gasteiger partial charge on any atom is -0.496 e. The van der Waals surface area contributed by atoms with Gasteiger partial charge in [-0.15, -0.1) is 0 Å². The Labute approximate surface area is 139 Å². The van der Waals surface area contributed by atoms with Crippen molar-refractivity contribution in [3.63, 3.8) is 0 Å². The Morgan fingerprint density at radius 1 is 0.958 bits per heavy atom. The van der Waals surface area contributed by atoms with Crippen molar-refractivity contribution in [3.05, 3.63) is 35.9 Å². The molecular formula is C17H17NO6. The maximum Gasteiger partial charge on any atom is 0.263 e. The maximum absolute atomic E-state index is 12.7. The third kappa shape index (κ3) is 2.88. The molecule has 0 saturated carbocycles. The van der Waals surface area contributed by atoms with E-state index in [-0.39, 0.29) is 18.3 Å². The molecule has 7 heteroatoms. The zero-order valence-corrected chi connectivity index (χ0v) is 13.5. The number of rotatable bonds is 5. The second-order valence-electron chi connectivity index (χ2n) is 4.93. The highest BCUT2D eigenvalue weighted by Crippen LogP contribution is 2.36. The van der Waals surface area contributed by atoms with Crippen molar-refractivity contribution in [3.8, 4) is 28.7 Å². The molecule has 0 unspecified atom stereocenters. The van der Waals surface area contributed by atoms with Crippen molar-refractivity contribution in [1.82, 2.24) is 0 Å². The van der Waals surface area contributed by atoms with Gasteiger partial charge in [0, 0.05) is 23.9 Å². The molecule has 1 heterocycles. The van der Waals surface area contributed by atoms with Gasteiger partial charge >= 0.3 is 0 Å². The van der Waals surface area contributed by atoms with Crippen molar-refractivity contribution in [2.45, 2.75) is 0 Å². The molecule has 0 spiro atoms. The van der Waals surface area contributed by atoms with E-state index < -0.39 is 0 Å². The summed E-state index contributed by atoms with van der Waals surface area (Å²) in [5, 5.41) is 2.80. The smallest absolute Gasteiger partial charge is 0.263 e. The molecule has 1 aliphatic rings. The molecule has 1 N–H and O–H groups in total. The lowest BCUT2D eigenvalue weighted by Crippen LogP contribution is -2.14. The van der Waals surface area contributed by atoms with Gasteiger partial charge in [-0.1, -0.05) is 0 Å². The van der Waals surface area contributed by atoms with Gasteiger partial charge in [0.1, 0.15) is 22.8 Å². The van der Waals surface area contributed by atoms with Crippen LogP contribution in [0.3, 0.4) is 0 Å². The standard InChI is InChI=1S/C17H17NO6/c1-20-11-7-14(21-2)16(15(8-11)22-3)17(19)18-10-4-5-12-13(6-10)24-9-23-12/h4-8H,9H2,1-3H3,(H,18,19). The number of carbonyl (C=O) groups excluding carboxylic acids is 1. The molecule has 0 fully saturated rings. The van der Waals surface area contributed by atoms with Crippen LogP contribution in [0.2, 0.25) is 0 Å². The average Bonchev–Trinajstić information content (AvgIpc) is 3.07. The quantitative estimate of drug-likeness (QED) is 0.908. The van der Waals surface area contributed by atoms with E-state index in [0.29, 0.717) is 34.4 Å². The van der Waals surface area contributed by atoms with Crippen LogP contribution in [0, 0.1) is 0 Å². The van der Waals surface area contributed by atoms with Crippen molar-refractivity contribution in [1.29, 1.82) is 0 Å². The molecule has 0 saturated heterocycles. The Balaban J connectivity index is 1.92. The molecular weight excluding hydrogens is 314 g/mol. The van der Waals surface area contributed by atoms with Gasteiger partial charge in [-0.2, -0.15) is 0 Å². The Bertz CT molecular complexity index is 749. The van der Waals surface area contributed by atoms with Gasteiger partial charge in [-0.25, -0.2) is 0 Å². The number of nitrogens with one attached hydrogen (secondary N) is 1. The average molecular weight is 331 g/mol. The fourth-order valence-corrected chi connectivity index (χ4v) is 2.40. The first-order valence-corrected chi connectivity index (χ1v) is 7.17. The second-order valence-corrected chi connectivity index (χ2v) is 4.93. The molecule has 0 aromatic heterocycles. The van der Waals surface area contributed by atoms with E-state index in [2.05, 4.69) is 5.32 Å². The fraction of sp³-hybridized carbons (Fsp3) is 0.235. The molecule has 1 amide bonds. The Hall–Kier alpha value is -3.09. The Morgan fingerprint density at radius 3 is 2.25 bits per heavy atom. The molecule has 0 atom stereocenters. The van der Waals surface area contributed by atoms with Crippen LogP contribution in [0.1, 0.15) is 10.4 Å². The Kier molecular flexibility index (Phi) is 4.33. The van der Waals surface area contributed by atoms with Gasteiger partial charge in [-0.05, 0) is 12.1 Å². The van der Waals surface area contributed by atoms with E-state index >= 15 is 0 Å². The highest BCUT2D eigenvalue weighted by molar-refractivity contribution is 6.08. The van der Waals surface area contributed by atoms with E-state index in [1.165, 1.54) is 21.3 Å². The number of methoxy groups -OCH3 is 3. The largest absolute Gasteiger partial charge is 0.496 e. The van der Waals surface area contributed by atoms with Crippen LogP contribution in [0.15, 0.2) is 30.3 Å².